The second kappa shape index (κ2) is 10.4. The number of likely N-dealkylation sites (tertiary alicyclic amines) is 1. The van der Waals surface area contributed by atoms with Crippen LogP contribution < -0.4 is 4.74 Å². The highest BCUT2D eigenvalue weighted by molar-refractivity contribution is 7.22. The first-order valence-electron chi connectivity index (χ1n) is 12.0. The molecule has 35 heavy (non-hydrogen) atoms. The van der Waals surface area contributed by atoms with E-state index in [2.05, 4.69) is 4.90 Å². The van der Waals surface area contributed by atoms with Gasteiger partial charge in [0.25, 0.3) is 0 Å². The summed E-state index contributed by atoms with van der Waals surface area (Å²) in [6.07, 6.45) is 3.84. The van der Waals surface area contributed by atoms with Gasteiger partial charge < -0.3 is 9.84 Å². The van der Waals surface area contributed by atoms with E-state index < -0.39 is 5.97 Å². The summed E-state index contributed by atoms with van der Waals surface area (Å²) < 4.78 is 6.71. The molecule has 2 heterocycles. The summed E-state index contributed by atoms with van der Waals surface area (Å²) in [6.45, 7) is 3.83. The number of hydrogen-bond acceptors (Lipinski definition) is 5. The Kier molecular flexibility index (Phi) is 6.93. The molecular weight excluding hydrogens is 458 g/mol. The van der Waals surface area contributed by atoms with Crippen molar-refractivity contribution in [1.29, 1.82) is 0 Å². The van der Waals surface area contributed by atoms with Crippen molar-refractivity contribution in [3.05, 3.63) is 89.5 Å². The largest absolute Gasteiger partial charge is 0.492 e. The summed E-state index contributed by atoms with van der Waals surface area (Å²) in [5.41, 5.74) is 2.33. The number of aromatic carboxylic acids is 1. The van der Waals surface area contributed by atoms with Gasteiger partial charge in [-0.05, 0) is 67.9 Å². The second-order valence-electron chi connectivity index (χ2n) is 8.79. The van der Waals surface area contributed by atoms with Crippen LogP contribution in [0.1, 0.15) is 45.5 Å². The lowest BCUT2D eigenvalue weighted by molar-refractivity contribution is 0.0697. The van der Waals surface area contributed by atoms with Crippen molar-refractivity contribution in [1.82, 2.24) is 4.90 Å². The molecule has 0 bridgehead atoms. The Hall–Kier alpha value is -3.48. The first-order valence-corrected chi connectivity index (χ1v) is 12.8. The van der Waals surface area contributed by atoms with E-state index in [0.29, 0.717) is 17.7 Å². The van der Waals surface area contributed by atoms with Gasteiger partial charge >= 0.3 is 5.97 Å². The second-order valence-corrected chi connectivity index (χ2v) is 9.84. The topological polar surface area (TPSA) is 66.8 Å². The van der Waals surface area contributed by atoms with Crippen LogP contribution in [0, 0.1) is 0 Å². The van der Waals surface area contributed by atoms with Crippen LogP contribution in [0.3, 0.4) is 0 Å². The number of benzene rings is 3. The molecule has 6 heteroatoms. The average molecular weight is 486 g/mol. The van der Waals surface area contributed by atoms with E-state index in [-0.39, 0.29) is 11.3 Å². The van der Waals surface area contributed by atoms with E-state index in [9.17, 15) is 14.7 Å². The van der Waals surface area contributed by atoms with Gasteiger partial charge in [0.1, 0.15) is 12.4 Å². The van der Waals surface area contributed by atoms with Crippen molar-refractivity contribution in [3.8, 4) is 16.2 Å². The molecule has 1 aromatic heterocycles. The van der Waals surface area contributed by atoms with Crippen molar-refractivity contribution >= 4 is 33.2 Å². The average Bonchev–Trinajstić information content (AvgIpc) is 3.29. The predicted molar refractivity (Wildman–Crippen MR) is 140 cm³/mol. The zero-order valence-electron chi connectivity index (χ0n) is 19.4. The molecule has 0 atom stereocenters. The Labute approximate surface area is 208 Å². The molecule has 5 nitrogen and oxygen atoms in total. The van der Waals surface area contributed by atoms with Crippen molar-refractivity contribution in [3.63, 3.8) is 0 Å². The maximum atomic E-state index is 13.7. The number of fused-ring (bicyclic) bond motifs is 1. The smallest absolute Gasteiger partial charge is 0.335 e. The van der Waals surface area contributed by atoms with Gasteiger partial charge in [-0.25, -0.2) is 4.79 Å². The number of ketones is 1. The van der Waals surface area contributed by atoms with Crippen LogP contribution in [0.2, 0.25) is 0 Å². The van der Waals surface area contributed by atoms with E-state index in [0.717, 1.165) is 45.9 Å². The highest BCUT2D eigenvalue weighted by Gasteiger charge is 2.22. The van der Waals surface area contributed by atoms with Gasteiger partial charge in [-0.1, -0.05) is 42.8 Å². The fourth-order valence-electron chi connectivity index (χ4n) is 4.57. The van der Waals surface area contributed by atoms with E-state index in [1.807, 2.05) is 54.6 Å². The van der Waals surface area contributed by atoms with Crippen LogP contribution in [-0.4, -0.2) is 48.0 Å². The van der Waals surface area contributed by atoms with Crippen LogP contribution >= 0.6 is 11.3 Å². The normalized spacial score (nSPS) is 14.2. The molecule has 178 valence electrons. The van der Waals surface area contributed by atoms with Gasteiger partial charge in [-0.2, -0.15) is 0 Å². The lowest BCUT2D eigenvalue weighted by atomic mass is 9.97. The number of carboxylic acid groups (broad SMARTS) is 1. The molecule has 0 saturated carbocycles. The lowest BCUT2D eigenvalue weighted by Crippen LogP contribution is -2.33. The maximum Gasteiger partial charge on any atom is 0.335 e. The van der Waals surface area contributed by atoms with E-state index in [4.69, 9.17) is 4.74 Å². The molecule has 1 aliphatic rings. The van der Waals surface area contributed by atoms with Crippen molar-refractivity contribution in [2.75, 3.05) is 26.2 Å². The zero-order chi connectivity index (χ0) is 24.2. The monoisotopic (exact) mass is 485 g/mol. The summed E-state index contributed by atoms with van der Waals surface area (Å²) in [5, 5.41) is 10.2. The molecule has 1 N–H and O–H groups in total. The molecule has 1 saturated heterocycles. The Morgan fingerprint density at radius 2 is 1.60 bits per heavy atom. The lowest BCUT2D eigenvalue weighted by Gasteiger charge is -2.26. The fourth-order valence-corrected chi connectivity index (χ4v) is 5.81. The highest BCUT2D eigenvalue weighted by atomic mass is 32.1. The van der Waals surface area contributed by atoms with Crippen LogP contribution in [0.15, 0.2) is 72.8 Å². The van der Waals surface area contributed by atoms with Gasteiger partial charge in [0.15, 0.2) is 5.78 Å². The van der Waals surface area contributed by atoms with E-state index in [1.54, 1.807) is 18.2 Å². The molecule has 0 radical (unpaired) electrons. The summed E-state index contributed by atoms with van der Waals surface area (Å²) in [7, 11) is 0. The molecule has 0 aliphatic carbocycles. The number of rotatable bonds is 8. The van der Waals surface area contributed by atoms with Gasteiger partial charge in [0, 0.05) is 32.6 Å². The van der Waals surface area contributed by atoms with Crippen LogP contribution in [-0.2, 0) is 0 Å². The third kappa shape index (κ3) is 5.14. The fraction of sp³-hybridized carbons (Fsp3) is 0.241. The van der Waals surface area contributed by atoms with E-state index >= 15 is 0 Å². The van der Waals surface area contributed by atoms with Crippen LogP contribution in [0.25, 0.3) is 20.5 Å². The molecule has 4 aromatic rings. The third-order valence-corrected chi connectivity index (χ3v) is 7.64. The molecule has 1 fully saturated rings. The van der Waals surface area contributed by atoms with Gasteiger partial charge in [0.05, 0.1) is 5.56 Å². The Bertz CT molecular complexity index is 1340. The predicted octanol–water partition coefficient (Wildman–Crippen LogP) is 6.36. The number of nitrogens with zero attached hydrogens (tertiary/aromatic N) is 1. The summed E-state index contributed by atoms with van der Waals surface area (Å²) in [5.74, 6) is -0.313. The minimum atomic E-state index is -0.981. The number of carbonyl (C=O) groups excluding carboxylic acids is 1. The summed E-state index contributed by atoms with van der Waals surface area (Å²) in [4.78, 5) is 28.5. The minimum absolute atomic E-state index is 0.0851. The number of ether oxygens (including phenoxy) is 1. The highest BCUT2D eigenvalue weighted by Crippen LogP contribution is 2.40. The Morgan fingerprint density at radius 3 is 2.31 bits per heavy atom. The SMILES string of the molecule is O=C(O)c1ccc2c(C(=O)c3ccc(OCCN4CCCCC4)cc3)c(-c3ccccc3)sc2c1. The maximum absolute atomic E-state index is 13.7. The Morgan fingerprint density at radius 1 is 0.886 bits per heavy atom. The molecule has 0 amide bonds. The molecule has 0 unspecified atom stereocenters. The third-order valence-electron chi connectivity index (χ3n) is 6.44. The van der Waals surface area contributed by atoms with Crippen LogP contribution in [0.5, 0.6) is 5.75 Å². The molecule has 0 spiro atoms. The number of carboxylic acids is 1. The first kappa shape index (κ1) is 23.3. The number of hydrogen-bond donors (Lipinski definition) is 1. The number of thiophene rings is 1. The van der Waals surface area contributed by atoms with Crippen LogP contribution in [0.4, 0.5) is 0 Å². The Balaban J connectivity index is 1.41. The summed E-state index contributed by atoms with van der Waals surface area (Å²) in [6, 6.07) is 22.0. The summed E-state index contributed by atoms with van der Waals surface area (Å²) >= 11 is 1.45. The molecular formula is C29H27NO4S. The van der Waals surface area contributed by atoms with Gasteiger partial charge in [-0.15, -0.1) is 11.3 Å². The molecule has 5 rings (SSSR count). The number of piperidine rings is 1. The minimum Gasteiger partial charge on any atom is -0.492 e. The van der Waals surface area contributed by atoms with E-state index in [1.165, 1.54) is 30.6 Å². The number of carbonyl (C=O) groups is 2. The van der Waals surface area contributed by atoms with Crippen molar-refractivity contribution in [2.45, 2.75) is 19.3 Å². The van der Waals surface area contributed by atoms with Crippen molar-refractivity contribution < 1.29 is 19.4 Å². The quantitative estimate of drug-likeness (QED) is 0.294. The zero-order valence-corrected chi connectivity index (χ0v) is 20.2. The molecule has 1 aliphatic heterocycles. The standard InChI is InChI=1S/C29H27NO4S/c31-27(20-9-12-23(13-10-20)34-18-17-30-15-5-2-6-16-30)26-24-14-11-22(29(32)33)19-25(24)35-28(26)21-7-3-1-4-8-21/h1,3-4,7-14,19H,2,5-6,15-18H2,(H,32,33). The van der Waals surface area contributed by atoms with Gasteiger partial charge in [0.2, 0.25) is 0 Å². The van der Waals surface area contributed by atoms with Crippen molar-refractivity contribution in [2.24, 2.45) is 0 Å². The molecule has 3 aromatic carbocycles. The first-order chi connectivity index (χ1) is 17.1. The van der Waals surface area contributed by atoms with Gasteiger partial charge in [-0.3, -0.25) is 9.69 Å².